The maximum atomic E-state index is 13.6. The lowest BCUT2D eigenvalue weighted by atomic mass is 10.0. The Bertz CT molecular complexity index is 1300. The number of rotatable bonds is 5. The van der Waals surface area contributed by atoms with E-state index in [1.165, 1.54) is 30.1 Å². The van der Waals surface area contributed by atoms with Crippen LogP contribution in [0.4, 0.5) is 13.2 Å². The van der Waals surface area contributed by atoms with E-state index in [4.69, 9.17) is 11.6 Å². The number of amides is 1. The number of carbonyl (C=O) groups excluding carboxylic acids is 1. The van der Waals surface area contributed by atoms with Gasteiger partial charge in [-0.15, -0.1) is 11.3 Å². The highest BCUT2D eigenvalue weighted by molar-refractivity contribution is 7.91. The van der Waals surface area contributed by atoms with Crippen LogP contribution in [-0.4, -0.2) is 61.4 Å². The van der Waals surface area contributed by atoms with Gasteiger partial charge in [0, 0.05) is 16.4 Å². The maximum Gasteiger partial charge on any atom is 0.431 e. The smallest absolute Gasteiger partial charge is 0.307 e. The number of likely N-dealkylation sites (N-methyl/N-ethyl adjacent to an activating group) is 2. The molecule has 0 radical (unpaired) electrons. The summed E-state index contributed by atoms with van der Waals surface area (Å²) in [5, 5.41) is 0.527. The van der Waals surface area contributed by atoms with Crippen LogP contribution in [0.3, 0.4) is 0 Å². The molecule has 0 N–H and O–H groups in total. The fourth-order valence-electron chi connectivity index (χ4n) is 4.08. The van der Waals surface area contributed by atoms with Crippen molar-refractivity contribution >= 4 is 44.4 Å². The molecule has 0 spiro atoms. The Hall–Kier alpha value is -2.21. The summed E-state index contributed by atoms with van der Waals surface area (Å²) in [6, 6.07) is 7.39. The zero-order chi connectivity index (χ0) is 25.0. The molecule has 1 aromatic carbocycles. The molecule has 1 amide bonds. The first-order chi connectivity index (χ1) is 15.9. The molecule has 4 rings (SSSR count). The summed E-state index contributed by atoms with van der Waals surface area (Å²) in [6.07, 6.45) is -4.76. The number of thiophene rings is 1. The Morgan fingerprint density at radius 2 is 1.82 bits per heavy atom. The lowest BCUT2D eigenvalue weighted by Crippen LogP contribution is -2.53. The maximum absolute atomic E-state index is 13.6. The Balaban J connectivity index is 1.85. The van der Waals surface area contributed by atoms with Crippen molar-refractivity contribution in [3.05, 3.63) is 52.0 Å². The van der Waals surface area contributed by atoms with E-state index in [1.54, 1.807) is 37.4 Å². The summed E-state index contributed by atoms with van der Waals surface area (Å²) in [7, 11) is -2.12. The molecule has 2 aliphatic heterocycles. The summed E-state index contributed by atoms with van der Waals surface area (Å²) in [4.78, 5) is 20.7. The molecule has 12 heteroatoms. The zero-order valence-corrected chi connectivity index (χ0v) is 20.8. The number of nitrogens with zero attached hydrogens (tertiary/aromatic N) is 3. The predicted molar refractivity (Wildman–Crippen MR) is 126 cm³/mol. The van der Waals surface area contributed by atoms with Crippen LogP contribution in [0, 0.1) is 0 Å². The summed E-state index contributed by atoms with van der Waals surface area (Å²) in [5.74, 6) is -0.899. The third-order valence-corrected chi connectivity index (χ3v) is 9.20. The van der Waals surface area contributed by atoms with E-state index in [-0.39, 0.29) is 22.9 Å². The number of benzene rings is 1. The van der Waals surface area contributed by atoms with Gasteiger partial charge in [0.15, 0.2) is 9.84 Å². The molecule has 1 aromatic heterocycles. The second-order valence-electron chi connectivity index (χ2n) is 7.85. The van der Waals surface area contributed by atoms with Crippen LogP contribution in [-0.2, 0) is 14.6 Å². The standard InChI is InChI=1S/C22H21ClF3N3O3S2/c1-4-29-17(22(24,25)26)10-14-18(21(29)30)28(3)20(27-14)19-16(34(31,32)5-2)11-15(33-19)12-6-8-13(23)9-7-12/h6-11,18,20H,4-5H2,1-3H3. The van der Waals surface area contributed by atoms with Crippen molar-refractivity contribution in [1.82, 2.24) is 9.80 Å². The second kappa shape index (κ2) is 8.78. The molecule has 2 unspecified atom stereocenters. The number of alkyl halides is 3. The molecular weight excluding hydrogens is 511 g/mol. The highest BCUT2D eigenvalue weighted by atomic mass is 35.5. The largest absolute Gasteiger partial charge is 0.431 e. The van der Waals surface area contributed by atoms with E-state index < -0.39 is 39.8 Å². The minimum atomic E-state index is -4.72. The molecule has 0 bridgehead atoms. The summed E-state index contributed by atoms with van der Waals surface area (Å²) < 4.78 is 66.6. The van der Waals surface area contributed by atoms with Gasteiger partial charge in [0.25, 0.3) is 5.91 Å². The van der Waals surface area contributed by atoms with Crippen molar-refractivity contribution in [2.24, 2.45) is 4.99 Å². The average Bonchev–Trinajstić information content (AvgIpc) is 3.35. The number of fused-ring (bicyclic) bond motifs is 1. The van der Waals surface area contributed by atoms with E-state index in [1.807, 2.05) is 0 Å². The van der Waals surface area contributed by atoms with Crippen LogP contribution in [0.5, 0.6) is 0 Å². The van der Waals surface area contributed by atoms with Gasteiger partial charge in [-0.05, 0) is 43.8 Å². The minimum Gasteiger partial charge on any atom is -0.307 e. The van der Waals surface area contributed by atoms with Gasteiger partial charge >= 0.3 is 6.18 Å². The van der Waals surface area contributed by atoms with Gasteiger partial charge < -0.3 is 4.90 Å². The molecule has 6 nitrogen and oxygen atoms in total. The Labute approximate surface area is 204 Å². The van der Waals surface area contributed by atoms with Crippen LogP contribution < -0.4 is 0 Å². The molecule has 2 aliphatic rings. The van der Waals surface area contributed by atoms with Gasteiger partial charge in [0.1, 0.15) is 17.9 Å². The van der Waals surface area contributed by atoms with Crippen molar-refractivity contribution in [3.63, 3.8) is 0 Å². The summed E-state index contributed by atoms with van der Waals surface area (Å²) in [6.45, 7) is 2.83. The Morgan fingerprint density at radius 3 is 2.38 bits per heavy atom. The van der Waals surface area contributed by atoms with E-state index in [0.29, 0.717) is 19.7 Å². The summed E-state index contributed by atoms with van der Waals surface area (Å²) in [5.41, 5.74) is -0.360. The first-order valence-electron chi connectivity index (χ1n) is 10.4. The minimum absolute atomic E-state index is 0.0317. The van der Waals surface area contributed by atoms with Crippen LogP contribution in [0.1, 0.15) is 24.9 Å². The number of carbonyl (C=O) groups is 1. The number of hydrogen-bond acceptors (Lipinski definition) is 6. The van der Waals surface area contributed by atoms with Crippen molar-refractivity contribution in [2.45, 2.75) is 37.1 Å². The Kier molecular flexibility index (Phi) is 6.43. The highest BCUT2D eigenvalue weighted by Crippen LogP contribution is 2.44. The number of hydrogen-bond donors (Lipinski definition) is 0. The zero-order valence-electron chi connectivity index (χ0n) is 18.4. The van der Waals surface area contributed by atoms with Gasteiger partial charge in [0.2, 0.25) is 0 Å². The lowest BCUT2D eigenvalue weighted by Gasteiger charge is -2.34. The van der Waals surface area contributed by atoms with Gasteiger partial charge in [0.05, 0.1) is 21.2 Å². The van der Waals surface area contributed by atoms with Gasteiger partial charge in [-0.2, -0.15) is 13.2 Å². The van der Waals surface area contributed by atoms with Crippen LogP contribution in [0.2, 0.25) is 5.02 Å². The molecular formula is C22H21ClF3N3O3S2. The van der Waals surface area contributed by atoms with Crippen LogP contribution >= 0.6 is 22.9 Å². The molecule has 3 heterocycles. The van der Waals surface area contributed by atoms with E-state index in [2.05, 4.69) is 4.99 Å². The van der Waals surface area contributed by atoms with Crippen molar-refractivity contribution in [3.8, 4) is 10.4 Å². The van der Waals surface area contributed by atoms with Crippen molar-refractivity contribution < 1.29 is 26.4 Å². The Morgan fingerprint density at radius 1 is 1.18 bits per heavy atom. The van der Waals surface area contributed by atoms with Crippen molar-refractivity contribution in [2.75, 3.05) is 19.3 Å². The molecule has 2 aromatic rings. The van der Waals surface area contributed by atoms with Crippen molar-refractivity contribution in [1.29, 1.82) is 0 Å². The molecule has 34 heavy (non-hydrogen) atoms. The third-order valence-electron chi connectivity index (χ3n) is 5.83. The van der Waals surface area contributed by atoms with Crippen LogP contribution in [0.15, 0.2) is 52.0 Å². The number of allylic oxidation sites excluding steroid dienone is 1. The quantitative estimate of drug-likeness (QED) is 0.549. The molecule has 0 fully saturated rings. The topological polar surface area (TPSA) is 70.0 Å². The van der Waals surface area contributed by atoms with Crippen LogP contribution in [0.25, 0.3) is 10.4 Å². The van der Waals surface area contributed by atoms with E-state index >= 15 is 0 Å². The predicted octanol–water partition coefficient (Wildman–Crippen LogP) is 4.92. The van der Waals surface area contributed by atoms with Gasteiger partial charge in [-0.3, -0.25) is 14.7 Å². The third kappa shape index (κ3) is 4.19. The fraction of sp³-hybridized carbons (Fsp3) is 0.364. The molecule has 2 atom stereocenters. The number of halogens is 4. The van der Waals surface area contributed by atoms with Gasteiger partial charge in [-0.25, -0.2) is 8.42 Å². The monoisotopic (exact) mass is 531 g/mol. The van der Waals surface area contributed by atoms with E-state index in [9.17, 15) is 26.4 Å². The number of aliphatic imine (C=N–C) groups is 1. The van der Waals surface area contributed by atoms with E-state index in [0.717, 1.165) is 11.6 Å². The molecule has 0 saturated carbocycles. The number of sulfone groups is 1. The fourth-order valence-corrected chi connectivity index (χ4v) is 6.96. The molecule has 182 valence electrons. The SMILES string of the molecule is CCN1C(=O)C2C(=NC(c3sc(-c4ccc(Cl)cc4)cc3S(=O)(=O)CC)N2C)C=C1C(F)(F)F. The first-order valence-corrected chi connectivity index (χ1v) is 13.3. The average molecular weight is 532 g/mol. The highest BCUT2D eigenvalue weighted by Gasteiger charge is 2.50. The first kappa shape index (κ1) is 24.9. The summed E-state index contributed by atoms with van der Waals surface area (Å²) >= 11 is 7.15. The molecule has 0 aliphatic carbocycles. The molecule has 0 saturated heterocycles. The normalized spacial score (nSPS) is 21.5. The van der Waals surface area contributed by atoms with Gasteiger partial charge in [-0.1, -0.05) is 30.7 Å². The second-order valence-corrected chi connectivity index (χ2v) is 11.6. The lowest BCUT2D eigenvalue weighted by molar-refractivity contribution is -0.145.